The smallest absolute Gasteiger partial charge is 0.186 e. The molecule has 2 heterocycles. The molecule has 0 aliphatic rings. The van der Waals surface area contributed by atoms with Crippen LogP contribution in [0.2, 0.25) is 0 Å². The van der Waals surface area contributed by atoms with Crippen molar-refractivity contribution in [3.05, 3.63) is 60.0 Å². The zero-order valence-electron chi connectivity index (χ0n) is 11.5. The largest absolute Gasteiger partial charge is 0.374 e. The van der Waals surface area contributed by atoms with Gasteiger partial charge < -0.3 is 5.32 Å². The molecule has 1 atom stereocenters. The van der Waals surface area contributed by atoms with Gasteiger partial charge in [0.2, 0.25) is 0 Å². The van der Waals surface area contributed by atoms with Crippen molar-refractivity contribution in [3.63, 3.8) is 0 Å². The molecule has 5 nitrogen and oxygen atoms in total. The molecule has 1 N–H and O–H groups in total. The molecule has 0 amide bonds. The summed E-state index contributed by atoms with van der Waals surface area (Å²) < 4.78 is 0. The van der Waals surface area contributed by atoms with Crippen LogP contribution in [0, 0.1) is 11.3 Å². The fourth-order valence-electron chi connectivity index (χ4n) is 2.20. The molecule has 0 fully saturated rings. The molecule has 102 valence electrons. The number of pyridine rings is 1. The summed E-state index contributed by atoms with van der Waals surface area (Å²) in [4.78, 5) is 4.33. The Labute approximate surface area is 122 Å². The SMILES string of the molecule is CC(Nc1c(C#N)nnc2ccccc12)c1ccccn1. The summed E-state index contributed by atoms with van der Waals surface area (Å²) in [5, 5.41) is 21.5. The molecule has 21 heavy (non-hydrogen) atoms. The Kier molecular flexibility index (Phi) is 3.44. The normalized spacial score (nSPS) is 11.8. The van der Waals surface area contributed by atoms with E-state index < -0.39 is 0 Å². The molecule has 0 saturated carbocycles. The molecule has 0 aliphatic carbocycles. The van der Waals surface area contributed by atoms with Crippen LogP contribution in [0.4, 0.5) is 5.69 Å². The second-order valence-electron chi connectivity index (χ2n) is 4.67. The molecule has 3 rings (SSSR count). The van der Waals surface area contributed by atoms with E-state index in [9.17, 15) is 5.26 Å². The van der Waals surface area contributed by atoms with Gasteiger partial charge in [-0.1, -0.05) is 24.3 Å². The van der Waals surface area contributed by atoms with Crippen molar-refractivity contribution in [1.29, 1.82) is 5.26 Å². The van der Waals surface area contributed by atoms with Crippen molar-refractivity contribution in [3.8, 4) is 6.07 Å². The first kappa shape index (κ1) is 13.0. The monoisotopic (exact) mass is 275 g/mol. The summed E-state index contributed by atoms with van der Waals surface area (Å²) in [7, 11) is 0. The quantitative estimate of drug-likeness (QED) is 0.795. The van der Waals surface area contributed by atoms with Gasteiger partial charge >= 0.3 is 0 Å². The van der Waals surface area contributed by atoms with Gasteiger partial charge in [0.05, 0.1) is 22.9 Å². The van der Waals surface area contributed by atoms with Crippen LogP contribution in [0.1, 0.15) is 24.4 Å². The zero-order valence-corrected chi connectivity index (χ0v) is 11.5. The first-order valence-corrected chi connectivity index (χ1v) is 6.62. The van der Waals surface area contributed by atoms with Gasteiger partial charge in [-0.15, -0.1) is 10.2 Å². The standard InChI is InChI=1S/C16H13N5/c1-11(13-7-4-5-9-18-13)19-16-12-6-2-3-8-14(12)20-21-15(16)10-17/h2-9,11H,1H3,(H,19,20). The lowest BCUT2D eigenvalue weighted by atomic mass is 10.1. The molecule has 0 spiro atoms. The minimum Gasteiger partial charge on any atom is -0.374 e. The Bertz CT molecular complexity index is 808. The zero-order chi connectivity index (χ0) is 14.7. The highest BCUT2D eigenvalue weighted by molar-refractivity contribution is 5.92. The molecule has 0 bridgehead atoms. The van der Waals surface area contributed by atoms with E-state index in [-0.39, 0.29) is 11.7 Å². The van der Waals surface area contributed by atoms with Crippen LogP contribution in [-0.2, 0) is 0 Å². The second-order valence-corrected chi connectivity index (χ2v) is 4.67. The first-order valence-electron chi connectivity index (χ1n) is 6.62. The Morgan fingerprint density at radius 3 is 2.67 bits per heavy atom. The van der Waals surface area contributed by atoms with Gasteiger partial charge in [-0.05, 0) is 25.1 Å². The predicted molar refractivity (Wildman–Crippen MR) is 80.5 cm³/mol. The topological polar surface area (TPSA) is 74.5 Å². The van der Waals surface area contributed by atoms with Gasteiger partial charge in [0.25, 0.3) is 0 Å². The van der Waals surface area contributed by atoms with E-state index in [2.05, 4.69) is 26.6 Å². The van der Waals surface area contributed by atoms with Crippen molar-refractivity contribution in [1.82, 2.24) is 15.2 Å². The van der Waals surface area contributed by atoms with Crippen molar-refractivity contribution >= 4 is 16.6 Å². The summed E-state index contributed by atoms with van der Waals surface area (Å²) in [6, 6.07) is 15.4. The van der Waals surface area contributed by atoms with Crippen LogP contribution in [0.5, 0.6) is 0 Å². The van der Waals surface area contributed by atoms with Gasteiger partial charge in [0.15, 0.2) is 5.69 Å². The third-order valence-corrected chi connectivity index (χ3v) is 3.27. The van der Waals surface area contributed by atoms with Crippen molar-refractivity contribution < 1.29 is 0 Å². The summed E-state index contributed by atoms with van der Waals surface area (Å²) in [6.07, 6.45) is 1.75. The lowest BCUT2D eigenvalue weighted by molar-refractivity contribution is 0.837. The highest BCUT2D eigenvalue weighted by Crippen LogP contribution is 2.27. The molecular formula is C16H13N5. The van der Waals surface area contributed by atoms with Crippen molar-refractivity contribution in [2.75, 3.05) is 5.32 Å². The van der Waals surface area contributed by atoms with E-state index in [4.69, 9.17) is 0 Å². The van der Waals surface area contributed by atoms with E-state index in [1.165, 1.54) is 0 Å². The number of aromatic nitrogens is 3. The van der Waals surface area contributed by atoms with Crippen LogP contribution in [0.3, 0.4) is 0 Å². The molecule has 1 unspecified atom stereocenters. The van der Waals surface area contributed by atoms with Gasteiger partial charge in [-0.2, -0.15) is 5.26 Å². The van der Waals surface area contributed by atoms with Crippen LogP contribution in [0.15, 0.2) is 48.7 Å². The summed E-state index contributed by atoms with van der Waals surface area (Å²) >= 11 is 0. The van der Waals surface area contributed by atoms with Crippen LogP contribution in [0.25, 0.3) is 10.9 Å². The van der Waals surface area contributed by atoms with Crippen LogP contribution >= 0.6 is 0 Å². The number of benzene rings is 1. The highest BCUT2D eigenvalue weighted by Gasteiger charge is 2.14. The van der Waals surface area contributed by atoms with Gasteiger partial charge in [-0.25, -0.2) is 0 Å². The maximum atomic E-state index is 9.25. The van der Waals surface area contributed by atoms with Crippen molar-refractivity contribution in [2.24, 2.45) is 0 Å². The number of nitrogens with one attached hydrogen (secondary N) is 1. The average Bonchev–Trinajstić information content (AvgIpc) is 2.56. The number of anilines is 1. The van der Waals surface area contributed by atoms with Crippen molar-refractivity contribution in [2.45, 2.75) is 13.0 Å². The van der Waals surface area contributed by atoms with Crippen LogP contribution < -0.4 is 5.32 Å². The number of hydrogen-bond donors (Lipinski definition) is 1. The maximum Gasteiger partial charge on any atom is 0.186 e. The van der Waals surface area contributed by atoms with E-state index in [0.717, 1.165) is 16.6 Å². The lowest BCUT2D eigenvalue weighted by Crippen LogP contribution is -2.11. The molecule has 0 radical (unpaired) electrons. The number of hydrogen-bond acceptors (Lipinski definition) is 5. The summed E-state index contributed by atoms with van der Waals surface area (Å²) in [5.41, 5.74) is 2.65. The Morgan fingerprint density at radius 1 is 1.10 bits per heavy atom. The minimum atomic E-state index is -0.0362. The van der Waals surface area contributed by atoms with E-state index in [1.54, 1.807) is 6.20 Å². The van der Waals surface area contributed by atoms with E-state index in [1.807, 2.05) is 49.4 Å². The second kappa shape index (κ2) is 5.55. The van der Waals surface area contributed by atoms with E-state index in [0.29, 0.717) is 5.69 Å². The third kappa shape index (κ3) is 2.51. The molecule has 0 saturated heterocycles. The third-order valence-electron chi connectivity index (χ3n) is 3.27. The van der Waals surface area contributed by atoms with Gasteiger partial charge in [-0.3, -0.25) is 4.98 Å². The first-order chi connectivity index (χ1) is 10.3. The fourth-order valence-corrected chi connectivity index (χ4v) is 2.20. The molecule has 5 heteroatoms. The Hall–Kier alpha value is -3.00. The molecule has 3 aromatic rings. The average molecular weight is 275 g/mol. The van der Waals surface area contributed by atoms with Crippen LogP contribution in [-0.4, -0.2) is 15.2 Å². The summed E-state index contributed by atoms with van der Waals surface area (Å²) in [6.45, 7) is 2.00. The maximum absolute atomic E-state index is 9.25. The number of nitriles is 1. The van der Waals surface area contributed by atoms with E-state index >= 15 is 0 Å². The molecule has 1 aromatic carbocycles. The highest BCUT2D eigenvalue weighted by atomic mass is 15.1. The lowest BCUT2D eigenvalue weighted by Gasteiger charge is -2.16. The molecular weight excluding hydrogens is 262 g/mol. The number of rotatable bonds is 3. The molecule has 0 aliphatic heterocycles. The number of fused-ring (bicyclic) bond motifs is 1. The minimum absolute atomic E-state index is 0.0362. The Morgan fingerprint density at radius 2 is 1.90 bits per heavy atom. The van der Waals surface area contributed by atoms with Gasteiger partial charge in [0.1, 0.15) is 6.07 Å². The Balaban J connectivity index is 2.05. The predicted octanol–water partition coefficient (Wildman–Crippen LogP) is 3.07. The summed E-state index contributed by atoms with van der Waals surface area (Å²) in [5.74, 6) is 0. The fraction of sp³-hybridized carbons (Fsp3) is 0.125. The van der Waals surface area contributed by atoms with Gasteiger partial charge in [0, 0.05) is 11.6 Å². The number of nitrogens with zero attached hydrogens (tertiary/aromatic N) is 4. The molecule has 2 aromatic heterocycles.